The largest absolute Gasteiger partial charge is 0.573 e. The Labute approximate surface area is 202 Å². The van der Waals surface area contributed by atoms with Crippen LogP contribution in [0, 0.1) is 18.7 Å². The number of amides is 1. The number of aromatic nitrogens is 1. The van der Waals surface area contributed by atoms with Gasteiger partial charge < -0.3 is 20.3 Å². The fourth-order valence-electron chi connectivity index (χ4n) is 3.70. The summed E-state index contributed by atoms with van der Waals surface area (Å²) in [6.07, 6.45) is -5.08. The third-order valence-electron chi connectivity index (χ3n) is 5.58. The summed E-state index contributed by atoms with van der Waals surface area (Å²) in [5, 5.41) is 21.2. The average Bonchev–Trinajstić information content (AvgIpc) is 3.09. The second-order valence-corrected chi connectivity index (χ2v) is 8.11. The van der Waals surface area contributed by atoms with Crippen molar-refractivity contribution in [2.45, 2.75) is 33.1 Å². The highest BCUT2D eigenvalue weighted by Crippen LogP contribution is 2.34. The zero-order valence-electron chi connectivity index (χ0n) is 19.1. The van der Waals surface area contributed by atoms with Crippen LogP contribution in [-0.2, 0) is 16.0 Å². The molecule has 0 aliphatic carbocycles. The molecule has 1 amide bonds. The van der Waals surface area contributed by atoms with Gasteiger partial charge in [-0.25, -0.2) is 4.39 Å². The summed E-state index contributed by atoms with van der Waals surface area (Å²) in [6, 6.07) is 6.57. The molecule has 0 bridgehead atoms. The molecule has 1 aromatic heterocycles. The maximum absolute atomic E-state index is 14.9. The van der Waals surface area contributed by atoms with Crippen LogP contribution in [0.2, 0.25) is 0 Å². The fraction of sp³-hybridized carbons (Fsp3) is 0.292. The van der Waals surface area contributed by atoms with Gasteiger partial charge in [0.1, 0.15) is 5.75 Å². The minimum absolute atomic E-state index is 0.00930. The number of hydrogen-bond acceptors (Lipinski definition) is 5. The summed E-state index contributed by atoms with van der Waals surface area (Å²) in [5.41, 5.74) is 0.621. The number of aromatic hydroxyl groups is 1. The highest BCUT2D eigenvalue weighted by molar-refractivity contribution is 6.04. The van der Waals surface area contributed by atoms with Crippen molar-refractivity contribution in [3.8, 4) is 11.5 Å². The van der Waals surface area contributed by atoms with Crippen molar-refractivity contribution in [3.05, 3.63) is 59.0 Å². The normalized spacial score (nSPS) is 12.4. The van der Waals surface area contributed by atoms with E-state index in [1.165, 1.54) is 19.9 Å². The Balaban J connectivity index is 1.93. The average molecular weight is 510 g/mol. The van der Waals surface area contributed by atoms with E-state index in [9.17, 15) is 37.1 Å². The Hall–Kier alpha value is -4.09. The van der Waals surface area contributed by atoms with Gasteiger partial charge in [0.2, 0.25) is 5.91 Å². The van der Waals surface area contributed by atoms with Gasteiger partial charge in [0, 0.05) is 29.6 Å². The second-order valence-electron chi connectivity index (χ2n) is 8.11. The number of carbonyl (C=O) groups is 3. The molecule has 0 spiro atoms. The molecule has 3 rings (SSSR count). The molecule has 0 saturated heterocycles. The lowest BCUT2D eigenvalue weighted by molar-refractivity contribution is -0.274. The summed E-state index contributed by atoms with van der Waals surface area (Å²) in [6.45, 7) is 2.83. The lowest BCUT2D eigenvalue weighted by Gasteiger charge is -2.11. The lowest BCUT2D eigenvalue weighted by atomic mass is 10.0. The first-order chi connectivity index (χ1) is 16.8. The van der Waals surface area contributed by atoms with Crippen molar-refractivity contribution < 1.29 is 46.9 Å². The van der Waals surface area contributed by atoms with Gasteiger partial charge in [-0.3, -0.25) is 19.0 Å². The van der Waals surface area contributed by atoms with E-state index in [0.29, 0.717) is 0 Å². The van der Waals surface area contributed by atoms with Gasteiger partial charge in [-0.15, -0.1) is 13.2 Å². The zero-order valence-corrected chi connectivity index (χ0v) is 19.1. The molecule has 192 valence electrons. The van der Waals surface area contributed by atoms with Gasteiger partial charge in [0.05, 0.1) is 11.4 Å². The Morgan fingerprint density at radius 1 is 1.11 bits per heavy atom. The number of phenols is 1. The summed E-state index contributed by atoms with van der Waals surface area (Å²) >= 11 is 0. The summed E-state index contributed by atoms with van der Waals surface area (Å²) in [5.74, 6) is -5.23. The SMILES string of the molecule is Cc1c(CCC(=O)NC[C@H](C)C(=O)O)c2c(F)c(O)ccc2n1C(=O)c1ccc(OC(F)(F)F)cc1. The Morgan fingerprint density at radius 2 is 1.75 bits per heavy atom. The minimum atomic E-state index is -4.90. The first-order valence-corrected chi connectivity index (χ1v) is 10.7. The number of halogens is 4. The number of rotatable bonds is 8. The van der Waals surface area contributed by atoms with Gasteiger partial charge >= 0.3 is 12.3 Å². The highest BCUT2D eigenvalue weighted by Gasteiger charge is 2.31. The van der Waals surface area contributed by atoms with Crippen LogP contribution in [0.25, 0.3) is 10.9 Å². The van der Waals surface area contributed by atoms with Crippen molar-refractivity contribution in [2.75, 3.05) is 6.54 Å². The molecule has 0 aliphatic rings. The molecule has 8 nitrogen and oxygen atoms in total. The molecule has 0 radical (unpaired) electrons. The van der Waals surface area contributed by atoms with Crippen molar-refractivity contribution in [1.82, 2.24) is 9.88 Å². The Kier molecular flexibility index (Phi) is 7.56. The maximum atomic E-state index is 14.9. The number of nitrogens with one attached hydrogen (secondary N) is 1. The number of fused-ring (bicyclic) bond motifs is 1. The van der Waals surface area contributed by atoms with E-state index in [1.54, 1.807) is 0 Å². The molecule has 36 heavy (non-hydrogen) atoms. The van der Waals surface area contributed by atoms with Crippen LogP contribution in [0.15, 0.2) is 36.4 Å². The van der Waals surface area contributed by atoms with Crippen LogP contribution >= 0.6 is 0 Å². The third kappa shape index (κ3) is 5.75. The number of nitrogens with zero attached hydrogens (tertiary/aromatic N) is 1. The van der Waals surface area contributed by atoms with E-state index < -0.39 is 47.4 Å². The number of hydrogen-bond donors (Lipinski definition) is 3. The Morgan fingerprint density at radius 3 is 2.33 bits per heavy atom. The maximum Gasteiger partial charge on any atom is 0.573 e. The van der Waals surface area contributed by atoms with Crippen LogP contribution in [0.1, 0.15) is 35.0 Å². The third-order valence-corrected chi connectivity index (χ3v) is 5.58. The first-order valence-electron chi connectivity index (χ1n) is 10.7. The lowest BCUT2D eigenvalue weighted by Crippen LogP contribution is -2.31. The second kappa shape index (κ2) is 10.3. The number of carboxylic acids is 1. The predicted molar refractivity (Wildman–Crippen MR) is 119 cm³/mol. The molecule has 3 aromatic rings. The van der Waals surface area contributed by atoms with Gasteiger partial charge in [-0.2, -0.15) is 0 Å². The quantitative estimate of drug-likeness (QED) is 0.392. The number of aryl methyl sites for hydroxylation is 1. The summed E-state index contributed by atoms with van der Waals surface area (Å²) in [7, 11) is 0. The molecule has 0 aliphatic heterocycles. The van der Waals surface area contributed by atoms with E-state index in [0.717, 1.165) is 34.9 Å². The molecular formula is C24H22F4N2O6. The number of benzene rings is 2. The summed E-state index contributed by atoms with van der Waals surface area (Å²) in [4.78, 5) is 36.4. The van der Waals surface area contributed by atoms with Crippen LogP contribution < -0.4 is 10.1 Å². The van der Waals surface area contributed by atoms with E-state index in [2.05, 4.69) is 10.1 Å². The molecular weight excluding hydrogens is 488 g/mol. The molecule has 2 aromatic carbocycles. The minimum Gasteiger partial charge on any atom is -0.505 e. The number of alkyl halides is 3. The molecule has 0 fully saturated rings. The van der Waals surface area contributed by atoms with E-state index in [4.69, 9.17) is 5.11 Å². The topological polar surface area (TPSA) is 118 Å². The van der Waals surface area contributed by atoms with Crippen LogP contribution in [0.4, 0.5) is 17.6 Å². The monoisotopic (exact) mass is 510 g/mol. The molecule has 3 N–H and O–H groups in total. The van der Waals surface area contributed by atoms with Crippen molar-refractivity contribution in [2.24, 2.45) is 5.92 Å². The molecule has 12 heteroatoms. The van der Waals surface area contributed by atoms with Crippen molar-refractivity contribution in [1.29, 1.82) is 0 Å². The first kappa shape index (κ1) is 26.5. The zero-order chi connectivity index (χ0) is 26.8. The van der Waals surface area contributed by atoms with Crippen molar-refractivity contribution >= 4 is 28.7 Å². The van der Waals surface area contributed by atoms with Gasteiger partial charge in [0.15, 0.2) is 11.6 Å². The van der Waals surface area contributed by atoms with Crippen LogP contribution in [-0.4, -0.2) is 45.5 Å². The standard InChI is InChI=1S/C24H22F4N2O6/c1-12(23(34)35)11-29-19(32)10-7-16-13(2)30(17-8-9-18(31)21(25)20(16)17)22(33)14-3-5-15(6-4-14)36-24(26,27)28/h3-6,8-9,12,31H,7,10-11H2,1-2H3,(H,29,32)(H,34,35)/t12-/m0/s1. The van der Waals surface area contributed by atoms with Gasteiger partial charge in [0.25, 0.3) is 5.91 Å². The van der Waals surface area contributed by atoms with E-state index >= 15 is 0 Å². The van der Waals surface area contributed by atoms with E-state index in [1.807, 2.05) is 0 Å². The van der Waals surface area contributed by atoms with Gasteiger partial charge in [-0.05, 0) is 55.3 Å². The Bertz CT molecular complexity index is 1320. The number of phenolic OH excluding ortho intramolecular Hbond substituents is 1. The number of carbonyl (C=O) groups excluding carboxylic acids is 2. The fourth-order valence-corrected chi connectivity index (χ4v) is 3.70. The van der Waals surface area contributed by atoms with E-state index in [-0.39, 0.29) is 47.1 Å². The van der Waals surface area contributed by atoms with Crippen LogP contribution in [0.5, 0.6) is 11.5 Å². The van der Waals surface area contributed by atoms with Crippen LogP contribution in [0.3, 0.4) is 0 Å². The number of carboxylic acid groups (broad SMARTS) is 1. The predicted octanol–water partition coefficient (Wildman–Crippen LogP) is 4.15. The molecule has 1 heterocycles. The number of ether oxygens (including phenoxy) is 1. The molecule has 0 unspecified atom stereocenters. The van der Waals surface area contributed by atoms with Gasteiger partial charge in [-0.1, -0.05) is 6.92 Å². The summed E-state index contributed by atoms with van der Waals surface area (Å²) < 4.78 is 57.1. The number of aliphatic carboxylic acids is 1. The van der Waals surface area contributed by atoms with Crippen molar-refractivity contribution in [3.63, 3.8) is 0 Å². The highest BCUT2D eigenvalue weighted by atomic mass is 19.4. The molecule has 0 saturated carbocycles. The smallest absolute Gasteiger partial charge is 0.505 e. The molecule has 1 atom stereocenters.